The fraction of sp³-hybridized carbons (Fsp3) is 0.333. The Labute approximate surface area is 175 Å². The average Bonchev–Trinajstić information content (AvgIpc) is 2.56. The van der Waals surface area contributed by atoms with Crippen LogP contribution >= 0.6 is 0 Å². The van der Waals surface area contributed by atoms with Crippen LogP contribution in [0, 0.1) is 13.8 Å². The quantitative estimate of drug-likeness (QED) is 0.454. The van der Waals surface area contributed by atoms with Crippen LogP contribution in [-0.4, -0.2) is 48.5 Å². The minimum atomic E-state index is -4.27. The molecule has 0 spiro atoms. The largest absolute Gasteiger partial charge is 0.744 e. The minimum absolute atomic E-state index is 0.178. The molecule has 0 heterocycles. The third-order valence-corrected chi connectivity index (χ3v) is 6.04. The van der Waals surface area contributed by atoms with E-state index in [0.717, 1.165) is 11.1 Å². The Bertz CT molecular complexity index is 799. The van der Waals surface area contributed by atoms with E-state index in [-0.39, 0.29) is 9.79 Å². The summed E-state index contributed by atoms with van der Waals surface area (Å²) in [6, 6.07) is 11.6. The van der Waals surface area contributed by atoms with Crippen LogP contribution in [0.2, 0.25) is 4.44 Å². The van der Waals surface area contributed by atoms with Gasteiger partial charge in [0.05, 0.1) is 9.79 Å². The van der Waals surface area contributed by atoms with Gasteiger partial charge in [-0.25, -0.2) is 16.8 Å². The van der Waals surface area contributed by atoms with Gasteiger partial charge in [-0.3, -0.25) is 0 Å². The normalized spacial score (nSPS) is 10.8. The molecule has 2 aromatic rings. The predicted octanol–water partition coefficient (Wildman–Crippen LogP) is 2.90. The molecule has 6 nitrogen and oxygen atoms in total. The molecule has 0 aliphatic carbocycles. The van der Waals surface area contributed by atoms with Crippen molar-refractivity contribution in [3.05, 3.63) is 59.7 Å². The van der Waals surface area contributed by atoms with E-state index in [4.69, 9.17) is 0 Å². The Morgan fingerprint density at radius 1 is 0.741 bits per heavy atom. The molecule has 0 unspecified atom stereocenters. The van der Waals surface area contributed by atoms with Gasteiger partial charge in [-0.2, -0.15) is 0 Å². The van der Waals surface area contributed by atoms with Crippen molar-refractivity contribution < 1.29 is 25.9 Å². The third-order valence-electron chi connectivity index (χ3n) is 3.18. The molecule has 9 heteroatoms. The fourth-order valence-electron chi connectivity index (χ4n) is 1.61. The summed E-state index contributed by atoms with van der Waals surface area (Å²) < 4.78 is 63.8. The van der Waals surface area contributed by atoms with Crippen molar-refractivity contribution in [2.45, 2.75) is 47.8 Å². The van der Waals surface area contributed by atoms with Crippen molar-refractivity contribution in [1.29, 1.82) is 0 Å². The Balaban J connectivity index is 0.000000405. The van der Waals surface area contributed by atoms with Gasteiger partial charge in [0.25, 0.3) is 0 Å². The summed E-state index contributed by atoms with van der Waals surface area (Å²) in [5.41, 5.74) is 1.86. The maximum atomic E-state index is 10.4. The second kappa shape index (κ2) is 12.5. The number of benzene rings is 2. The monoisotopic (exact) mass is 520 g/mol. The molecule has 0 amide bonds. The van der Waals surface area contributed by atoms with Crippen LogP contribution < -0.4 is 0 Å². The molecular formula is C18H24O6S2Sn. The Morgan fingerprint density at radius 3 is 1.19 bits per heavy atom. The van der Waals surface area contributed by atoms with Gasteiger partial charge >= 0.3 is 46.7 Å². The second-order valence-corrected chi connectivity index (χ2v) is 10.1. The summed E-state index contributed by atoms with van der Waals surface area (Å²) >= 11 is 1.45. The molecule has 0 atom stereocenters. The van der Waals surface area contributed by atoms with E-state index < -0.39 is 20.2 Å². The van der Waals surface area contributed by atoms with E-state index in [9.17, 15) is 25.9 Å². The van der Waals surface area contributed by atoms with Crippen molar-refractivity contribution in [3.63, 3.8) is 0 Å². The molecule has 148 valence electrons. The first-order valence-corrected chi connectivity index (χ1v) is 13.3. The van der Waals surface area contributed by atoms with Crippen molar-refractivity contribution in [1.82, 2.24) is 0 Å². The number of unbranched alkanes of at least 4 members (excludes halogenated alkanes) is 1. The third kappa shape index (κ3) is 12.2. The standard InChI is InChI=1S/2C7H8O3S.C4H9.Sn.H/c2*1-6-2-4-7(5-3-6)11(8,9)10;1-3-4-2;;/h2*2-5H,1H3,(H,8,9,10);1,3-4H2,2H3;;/q;;;+2;/p-2. The van der Waals surface area contributed by atoms with E-state index >= 15 is 0 Å². The van der Waals surface area contributed by atoms with Gasteiger partial charge in [-0.1, -0.05) is 35.4 Å². The molecule has 0 radical (unpaired) electrons. The van der Waals surface area contributed by atoms with Gasteiger partial charge in [0.2, 0.25) is 0 Å². The Hall–Kier alpha value is -0.941. The molecule has 0 aliphatic rings. The summed E-state index contributed by atoms with van der Waals surface area (Å²) in [4.78, 5) is -0.355. The van der Waals surface area contributed by atoms with Crippen LogP contribution in [0.5, 0.6) is 0 Å². The first-order chi connectivity index (χ1) is 12.4. The van der Waals surface area contributed by atoms with Crippen LogP contribution in [0.3, 0.4) is 0 Å². The smallest absolute Gasteiger partial charge is 0.124 e. The van der Waals surface area contributed by atoms with Crippen molar-refractivity contribution >= 4 is 42.8 Å². The molecule has 0 bridgehead atoms. The van der Waals surface area contributed by atoms with Gasteiger partial charge in [0.1, 0.15) is 20.2 Å². The van der Waals surface area contributed by atoms with Crippen molar-refractivity contribution in [3.8, 4) is 0 Å². The van der Waals surface area contributed by atoms with Crippen LogP contribution in [0.25, 0.3) is 0 Å². The van der Waals surface area contributed by atoms with Crippen molar-refractivity contribution in [2.24, 2.45) is 0 Å². The molecule has 27 heavy (non-hydrogen) atoms. The summed E-state index contributed by atoms with van der Waals surface area (Å²) in [5, 5.41) is 0. The SMILES string of the molecule is CCC[CH2][SnH+2].Cc1ccc(S(=O)(=O)[O-])cc1.Cc1ccc(S(=O)(=O)[O-])cc1. The second-order valence-electron chi connectivity index (χ2n) is 5.68. The molecule has 2 rings (SSSR count). The topological polar surface area (TPSA) is 114 Å². The fourth-order valence-corrected chi connectivity index (χ4v) is 3.72. The van der Waals surface area contributed by atoms with Crippen LogP contribution in [-0.2, 0) is 20.2 Å². The zero-order chi connectivity index (χ0) is 21.1. The van der Waals surface area contributed by atoms with Gasteiger partial charge < -0.3 is 9.11 Å². The molecular weight excluding hydrogens is 495 g/mol. The van der Waals surface area contributed by atoms with Gasteiger partial charge in [-0.05, 0) is 38.1 Å². The molecule has 0 aliphatic heterocycles. The molecule has 0 N–H and O–H groups in total. The first-order valence-electron chi connectivity index (χ1n) is 8.17. The molecule has 0 saturated heterocycles. The summed E-state index contributed by atoms with van der Waals surface area (Å²) in [7, 11) is -8.54. The van der Waals surface area contributed by atoms with Gasteiger partial charge in [0.15, 0.2) is 0 Å². The molecule has 0 fully saturated rings. The summed E-state index contributed by atoms with van der Waals surface area (Å²) in [6.07, 6.45) is 2.82. The van der Waals surface area contributed by atoms with Crippen LogP contribution in [0.1, 0.15) is 30.9 Å². The first kappa shape index (κ1) is 26.1. The molecule has 0 aromatic heterocycles. The Kier molecular flexibility index (Phi) is 12.1. The number of hydrogen-bond acceptors (Lipinski definition) is 6. The van der Waals surface area contributed by atoms with Crippen LogP contribution in [0.4, 0.5) is 0 Å². The van der Waals surface area contributed by atoms with E-state index in [1.165, 1.54) is 64.1 Å². The number of hydrogen-bond donors (Lipinski definition) is 0. The summed E-state index contributed by atoms with van der Waals surface area (Å²) in [5.74, 6) is 0. The maximum absolute atomic E-state index is 10.4. The van der Waals surface area contributed by atoms with E-state index in [2.05, 4.69) is 6.92 Å². The van der Waals surface area contributed by atoms with Crippen molar-refractivity contribution in [2.75, 3.05) is 0 Å². The van der Waals surface area contributed by atoms with E-state index in [1.807, 2.05) is 13.8 Å². The number of aryl methyl sites for hydroxylation is 2. The zero-order valence-corrected chi connectivity index (χ0v) is 20.5. The molecule has 0 saturated carbocycles. The zero-order valence-electron chi connectivity index (χ0n) is 15.6. The predicted molar refractivity (Wildman–Crippen MR) is 105 cm³/mol. The average molecular weight is 519 g/mol. The van der Waals surface area contributed by atoms with E-state index in [1.54, 1.807) is 24.3 Å². The Morgan fingerprint density at radius 2 is 1.04 bits per heavy atom. The maximum Gasteiger partial charge on any atom is 0.124 e. The van der Waals surface area contributed by atoms with E-state index in [0.29, 0.717) is 0 Å². The van der Waals surface area contributed by atoms with Crippen LogP contribution in [0.15, 0.2) is 58.3 Å². The van der Waals surface area contributed by atoms with Gasteiger partial charge in [-0.15, -0.1) is 0 Å². The summed E-state index contributed by atoms with van der Waals surface area (Å²) in [6.45, 7) is 5.87. The molecule has 2 aromatic carbocycles. The number of rotatable bonds is 4. The van der Waals surface area contributed by atoms with Gasteiger partial charge in [0, 0.05) is 0 Å². The minimum Gasteiger partial charge on any atom is -0.744 e.